The zero-order valence-electron chi connectivity index (χ0n) is 4.52. The van der Waals surface area contributed by atoms with Crippen molar-refractivity contribution in [3.63, 3.8) is 0 Å². The first-order chi connectivity index (χ1) is 3.31. The van der Waals surface area contributed by atoms with Crippen LogP contribution in [0.1, 0.15) is 6.92 Å². The van der Waals surface area contributed by atoms with E-state index in [2.05, 4.69) is 17.1 Å². The Kier molecular flexibility index (Phi) is 3.55. The van der Waals surface area contributed by atoms with E-state index in [1.54, 1.807) is 0 Å². The van der Waals surface area contributed by atoms with Gasteiger partial charge in [-0.25, -0.2) is 0 Å². The quantitative estimate of drug-likeness (QED) is 0.287. The third-order valence-corrected chi connectivity index (χ3v) is 0.725. The van der Waals surface area contributed by atoms with Crippen molar-refractivity contribution < 1.29 is 0 Å². The Bertz CT molecular complexity index is 52.9. The topological polar surface area (TPSA) is 50.4 Å². The van der Waals surface area contributed by atoms with Gasteiger partial charge in [0.1, 0.15) is 0 Å². The molecule has 0 aromatic heterocycles. The first kappa shape index (κ1) is 6.59. The van der Waals surface area contributed by atoms with Crippen molar-refractivity contribution in [2.24, 2.45) is 10.8 Å². The minimum absolute atomic E-state index is 0.227. The van der Waals surface area contributed by atoms with Gasteiger partial charge >= 0.3 is 0 Å². The minimum atomic E-state index is 0.227. The largest absolute Gasteiger partial charge is 0.297 e. The lowest BCUT2D eigenvalue weighted by molar-refractivity contribution is 0.636. The first-order valence-corrected chi connectivity index (χ1v) is 2.20. The monoisotopic (exact) mass is 101 g/mol. The summed E-state index contributed by atoms with van der Waals surface area (Å²) in [6.07, 6.45) is 0. The summed E-state index contributed by atoms with van der Waals surface area (Å²) < 4.78 is 0. The smallest absolute Gasteiger partial charge is 0.0602 e. The van der Waals surface area contributed by atoms with E-state index in [-0.39, 0.29) is 6.04 Å². The van der Waals surface area contributed by atoms with Gasteiger partial charge in [0.25, 0.3) is 0 Å². The van der Waals surface area contributed by atoms with Gasteiger partial charge in [-0.2, -0.15) is 0 Å². The van der Waals surface area contributed by atoms with E-state index in [9.17, 15) is 0 Å². The van der Waals surface area contributed by atoms with E-state index >= 15 is 0 Å². The Morgan fingerprint density at radius 2 is 2.57 bits per heavy atom. The highest BCUT2D eigenvalue weighted by atomic mass is 15.2. The molecule has 0 heterocycles. The fourth-order valence-corrected chi connectivity index (χ4v) is 0.235. The van der Waals surface area contributed by atoms with E-state index in [0.717, 1.165) is 0 Å². The zero-order valence-corrected chi connectivity index (χ0v) is 4.52. The number of aliphatic imine (C=N–C) groups is 1. The maximum absolute atomic E-state index is 4.97. The minimum Gasteiger partial charge on any atom is -0.297 e. The highest BCUT2D eigenvalue weighted by Gasteiger charge is 1.89. The molecule has 7 heavy (non-hydrogen) atoms. The molecule has 0 aliphatic rings. The molecule has 3 nitrogen and oxygen atoms in total. The van der Waals surface area contributed by atoms with Crippen LogP contribution in [-0.2, 0) is 0 Å². The summed E-state index contributed by atoms with van der Waals surface area (Å²) in [5.41, 5.74) is 2.48. The summed E-state index contributed by atoms with van der Waals surface area (Å²) >= 11 is 0. The van der Waals surface area contributed by atoms with Gasteiger partial charge in [-0.1, -0.05) is 0 Å². The SMILES string of the molecule is C=NC(C)CNN. The van der Waals surface area contributed by atoms with Crippen molar-refractivity contribution in [1.82, 2.24) is 5.43 Å². The number of nitrogens with two attached hydrogens (primary N) is 1. The number of nitrogens with one attached hydrogen (secondary N) is 1. The van der Waals surface area contributed by atoms with E-state index in [0.29, 0.717) is 6.54 Å². The molecule has 0 aromatic rings. The first-order valence-electron chi connectivity index (χ1n) is 2.20. The molecule has 0 saturated heterocycles. The van der Waals surface area contributed by atoms with Crippen molar-refractivity contribution in [2.45, 2.75) is 13.0 Å². The van der Waals surface area contributed by atoms with Crippen molar-refractivity contribution in [2.75, 3.05) is 6.54 Å². The second kappa shape index (κ2) is 3.77. The molecule has 1 atom stereocenters. The lowest BCUT2D eigenvalue weighted by Crippen LogP contribution is -2.29. The molecule has 0 rings (SSSR count). The van der Waals surface area contributed by atoms with Gasteiger partial charge in [0, 0.05) is 6.54 Å². The zero-order chi connectivity index (χ0) is 5.70. The molecule has 3 heteroatoms. The molecule has 0 saturated carbocycles. The van der Waals surface area contributed by atoms with Crippen molar-refractivity contribution in [3.05, 3.63) is 0 Å². The van der Waals surface area contributed by atoms with Crippen LogP contribution < -0.4 is 11.3 Å². The number of rotatable bonds is 3. The number of hydrazine groups is 1. The fourth-order valence-electron chi connectivity index (χ4n) is 0.235. The van der Waals surface area contributed by atoms with E-state index in [1.165, 1.54) is 0 Å². The Balaban J connectivity index is 2.98. The molecular formula is C4H11N3. The van der Waals surface area contributed by atoms with Crippen molar-refractivity contribution >= 4 is 6.72 Å². The van der Waals surface area contributed by atoms with Crippen LogP contribution in [0.2, 0.25) is 0 Å². The second-order valence-electron chi connectivity index (χ2n) is 1.44. The van der Waals surface area contributed by atoms with Gasteiger partial charge in [0.05, 0.1) is 6.04 Å². The summed E-state index contributed by atoms with van der Waals surface area (Å²) in [7, 11) is 0. The van der Waals surface area contributed by atoms with Crippen LogP contribution >= 0.6 is 0 Å². The molecule has 0 aliphatic carbocycles. The molecule has 0 amide bonds. The van der Waals surface area contributed by atoms with Crippen LogP contribution in [0.3, 0.4) is 0 Å². The van der Waals surface area contributed by atoms with Crippen molar-refractivity contribution in [1.29, 1.82) is 0 Å². The van der Waals surface area contributed by atoms with Gasteiger partial charge in [-0.15, -0.1) is 0 Å². The Labute approximate surface area is 43.6 Å². The van der Waals surface area contributed by atoms with E-state index < -0.39 is 0 Å². The summed E-state index contributed by atoms with van der Waals surface area (Å²) in [5.74, 6) is 4.97. The summed E-state index contributed by atoms with van der Waals surface area (Å²) in [5, 5.41) is 0. The molecule has 42 valence electrons. The lowest BCUT2D eigenvalue weighted by Gasteiger charge is -2.00. The molecule has 0 radical (unpaired) electrons. The van der Waals surface area contributed by atoms with Gasteiger partial charge in [0.15, 0.2) is 0 Å². The van der Waals surface area contributed by atoms with Crippen LogP contribution in [0, 0.1) is 0 Å². The highest BCUT2D eigenvalue weighted by molar-refractivity contribution is 5.23. The van der Waals surface area contributed by atoms with Gasteiger partial charge in [-0.3, -0.25) is 16.3 Å². The third-order valence-electron chi connectivity index (χ3n) is 0.725. The average Bonchev–Trinajstić information content (AvgIpc) is 1.68. The van der Waals surface area contributed by atoms with Crippen LogP contribution in [0.15, 0.2) is 4.99 Å². The maximum Gasteiger partial charge on any atom is 0.0602 e. The second-order valence-corrected chi connectivity index (χ2v) is 1.44. The Hall–Kier alpha value is -0.410. The normalized spacial score (nSPS) is 13.4. The third kappa shape index (κ3) is 3.42. The molecule has 0 aromatic carbocycles. The molecule has 0 fully saturated rings. The number of nitrogens with zero attached hydrogens (tertiary/aromatic N) is 1. The summed E-state index contributed by atoms with van der Waals surface area (Å²) in [6, 6.07) is 0.227. The van der Waals surface area contributed by atoms with Gasteiger partial charge in [0.2, 0.25) is 0 Å². The van der Waals surface area contributed by atoms with Crippen LogP contribution in [-0.4, -0.2) is 19.3 Å². The van der Waals surface area contributed by atoms with Crippen molar-refractivity contribution in [3.8, 4) is 0 Å². The molecule has 1 unspecified atom stereocenters. The Morgan fingerprint density at radius 3 is 2.71 bits per heavy atom. The van der Waals surface area contributed by atoms with Crippen LogP contribution in [0.4, 0.5) is 0 Å². The van der Waals surface area contributed by atoms with Gasteiger partial charge in [-0.05, 0) is 13.6 Å². The summed E-state index contributed by atoms with van der Waals surface area (Å²) in [6.45, 7) is 5.97. The van der Waals surface area contributed by atoms with E-state index in [1.807, 2.05) is 6.92 Å². The Morgan fingerprint density at radius 1 is 2.00 bits per heavy atom. The lowest BCUT2D eigenvalue weighted by atomic mass is 10.4. The molecule has 0 bridgehead atoms. The molecule has 0 aliphatic heterocycles. The molecule has 0 spiro atoms. The predicted octanol–water partition coefficient (Wildman–Crippen LogP) is -0.461. The average molecular weight is 101 g/mol. The standard InChI is InChI=1S/C4H11N3/c1-4(6-2)3-7-5/h4,7H,2-3,5H2,1H3. The molecule has 3 N–H and O–H groups in total. The van der Waals surface area contributed by atoms with Crippen LogP contribution in [0.25, 0.3) is 0 Å². The number of hydrogen-bond acceptors (Lipinski definition) is 3. The maximum atomic E-state index is 4.97. The predicted molar refractivity (Wildman–Crippen MR) is 31.2 cm³/mol. The number of hydrogen-bond donors (Lipinski definition) is 2. The molecular weight excluding hydrogens is 90.1 g/mol. The van der Waals surface area contributed by atoms with Crippen LogP contribution in [0.5, 0.6) is 0 Å². The summed E-state index contributed by atoms with van der Waals surface area (Å²) in [4.78, 5) is 3.69. The van der Waals surface area contributed by atoms with E-state index in [4.69, 9.17) is 5.84 Å². The van der Waals surface area contributed by atoms with Gasteiger partial charge < -0.3 is 0 Å². The highest BCUT2D eigenvalue weighted by Crippen LogP contribution is 1.79. The fraction of sp³-hybridized carbons (Fsp3) is 0.750.